The Balaban J connectivity index is 2.33. The number of carbonyl (C=O) groups is 3. The van der Waals surface area contributed by atoms with E-state index in [-0.39, 0.29) is 36.7 Å². The number of para-hydroxylation sites is 1. The van der Waals surface area contributed by atoms with Crippen LogP contribution in [0.1, 0.15) is 31.9 Å². The van der Waals surface area contributed by atoms with Crippen LogP contribution in [0.4, 0.5) is 10.1 Å². The number of carbonyl (C=O) groups excluding carboxylic acids is 3. The van der Waals surface area contributed by atoms with Gasteiger partial charge in [0.2, 0.25) is 5.91 Å². The smallest absolute Gasteiger partial charge is 0.346 e. The number of hydrogen-bond donors (Lipinski definition) is 1. The van der Waals surface area contributed by atoms with Crippen molar-refractivity contribution in [2.45, 2.75) is 32.4 Å². The minimum atomic E-state index is -2.42. The minimum Gasteiger partial charge on any atom is -0.464 e. The lowest BCUT2D eigenvalue weighted by molar-refractivity contribution is -0.169. The zero-order chi connectivity index (χ0) is 25.6. The Morgan fingerprint density at radius 3 is 2.20 bits per heavy atom. The Kier molecular flexibility index (Phi) is 7.81. The number of hydrogen-bond acceptors (Lipinski definition) is 8. The van der Waals surface area contributed by atoms with Crippen LogP contribution in [-0.2, 0) is 23.9 Å². The molecule has 1 amide bonds. The summed E-state index contributed by atoms with van der Waals surface area (Å²) >= 11 is 0. The largest absolute Gasteiger partial charge is 0.464 e. The van der Waals surface area contributed by atoms with E-state index < -0.39 is 35.2 Å². The topological polar surface area (TPSA) is 121 Å². The highest BCUT2D eigenvalue weighted by Crippen LogP contribution is 2.33. The van der Waals surface area contributed by atoms with Gasteiger partial charge in [0.15, 0.2) is 6.19 Å². The molecule has 0 saturated heterocycles. The van der Waals surface area contributed by atoms with E-state index in [1.807, 2.05) is 6.19 Å². The normalized spacial score (nSPS) is 15.1. The van der Waals surface area contributed by atoms with Gasteiger partial charge >= 0.3 is 11.9 Å². The van der Waals surface area contributed by atoms with Gasteiger partial charge in [-0.1, -0.05) is 30.3 Å². The van der Waals surface area contributed by atoms with Crippen LogP contribution in [0.5, 0.6) is 0 Å². The number of nitrogens with one attached hydrogen (secondary N) is 1. The second-order valence-electron chi connectivity index (χ2n) is 7.60. The van der Waals surface area contributed by atoms with Gasteiger partial charge in [-0.05, 0) is 32.0 Å². The first-order valence-corrected chi connectivity index (χ1v) is 11.0. The van der Waals surface area contributed by atoms with Crippen molar-refractivity contribution in [2.24, 2.45) is 4.99 Å². The average Bonchev–Trinajstić information content (AvgIpc) is 3.00. The Morgan fingerprint density at radius 1 is 1.09 bits per heavy atom. The fourth-order valence-corrected chi connectivity index (χ4v) is 4.04. The fourth-order valence-electron chi connectivity index (χ4n) is 4.04. The molecular weight excluding hydrogens is 455 g/mol. The lowest BCUT2D eigenvalue weighted by Gasteiger charge is -2.39. The van der Waals surface area contributed by atoms with E-state index in [9.17, 15) is 24.0 Å². The van der Waals surface area contributed by atoms with Crippen molar-refractivity contribution in [1.82, 2.24) is 5.32 Å². The van der Waals surface area contributed by atoms with E-state index in [0.29, 0.717) is 5.56 Å². The van der Waals surface area contributed by atoms with E-state index in [1.165, 1.54) is 12.1 Å². The highest BCUT2D eigenvalue weighted by Gasteiger charge is 2.59. The molecule has 2 aromatic rings. The molecule has 0 spiro atoms. The molecule has 35 heavy (non-hydrogen) atoms. The van der Waals surface area contributed by atoms with Gasteiger partial charge in [0.1, 0.15) is 11.9 Å². The van der Waals surface area contributed by atoms with Crippen LogP contribution in [0.15, 0.2) is 53.5 Å². The van der Waals surface area contributed by atoms with Crippen LogP contribution in [0.3, 0.4) is 0 Å². The third-order valence-corrected chi connectivity index (χ3v) is 5.46. The zero-order valence-corrected chi connectivity index (χ0v) is 19.6. The molecule has 1 N–H and O–H groups in total. The van der Waals surface area contributed by atoms with Crippen LogP contribution in [-0.4, -0.2) is 54.9 Å². The van der Waals surface area contributed by atoms with Gasteiger partial charge in [0, 0.05) is 18.1 Å². The predicted octanol–water partition coefficient (Wildman–Crippen LogP) is 2.33. The average molecular weight is 480 g/mol. The van der Waals surface area contributed by atoms with Gasteiger partial charge in [0.25, 0.3) is 5.54 Å². The quantitative estimate of drug-likeness (QED) is 0.367. The second-order valence-corrected chi connectivity index (χ2v) is 7.60. The van der Waals surface area contributed by atoms with Crippen molar-refractivity contribution in [3.8, 4) is 6.19 Å². The Bertz CT molecular complexity index is 1190. The van der Waals surface area contributed by atoms with Crippen LogP contribution >= 0.6 is 0 Å². The van der Waals surface area contributed by atoms with E-state index in [0.717, 1.165) is 11.8 Å². The summed E-state index contributed by atoms with van der Waals surface area (Å²) in [6.07, 6.45) is 2.01. The molecule has 0 fully saturated rings. The van der Waals surface area contributed by atoms with Crippen LogP contribution in [0.2, 0.25) is 0 Å². The first-order valence-electron chi connectivity index (χ1n) is 11.0. The van der Waals surface area contributed by atoms with E-state index >= 15 is 0 Å². The summed E-state index contributed by atoms with van der Waals surface area (Å²) in [5, 5.41) is 12.6. The Morgan fingerprint density at radius 2 is 1.66 bits per heavy atom. The van der Waals surface area contributed by atoms with Crippen LogP contribution in [0, 0.1) is 17.3 Å². The molecule has 1 heterocycles. The van der Waals surface area contributed by atoms with Gasteiger partial charge in [-0.2, -0.15) is 5.26 Å². The lowest BCUT2D eigenvalue weighted by atomic mass is 9.87. The number of ether oxygens (including phenoxy) is 2. The number of fused-ring (bicyclic) bond motifs is 1. The van der Waals surface area contributed by atoms with Gasteiger partial charge in [-0.25, -0.2) is 14.0 Å². The van der Waals surface area contributed by atoms with Crippen molar-refractivity contribution in [3.63, 3.8) is 0 Å². The molecule has 0 aliphatic carbocycles. The van der Waals surface area contributed by atoms with Crippen molar-refractivity contribution in [3.05, 3.63) is 65.5 Å². The predicted molar refractivity (Wildman–Crippen MR) is 125 cm³/mol. The van der Waals surface area contributed by atoms with Gasteiger partial charge in [-0.15, -0.1) is 0 Å². The molecule has 1 aliphatic rings. The number of benzene rings is 2. The molecule has 0 bridgehead atoms. The number of rotatable bonds is 7. The van der Waals surface area contributed by atoms with Gasteiger partial charge in [0.05, 0.1) is 31.2 Å². The number of aliphatic imine (C=N–C) groups is 1. The first-order chi connectivity index (χ1) is 16.8. The number of esters is 2. The fraction of sp³-hybridized carbons (Fsp3) is 0.320. The third-order valence-electron chi connectivity index (χ3n) is 5.46. The molecule has 9 nitrogen and oxygen atoms in total. The summed E-state index contributed by atoms with van der Waals surface area (Å²) in [7, 11) is 0. The number of anilines is 1. The van der Waals surface area contributed by atoms with Crippen molar-refractivity contribution in [2.75, 3.05) is 24.7 Å². The maximum absolute atomic E-state index is 14.8. The molecular formula is C25H25FN4O5. The molecule has 0 radical (unpaired) electrons. The van der Waals surface area contributed by atoms with E-state index in [1.54, 1.807) is 50.2 Å². The Labute approximate surface area is 202 Å². The monoisotopic (exact) mass is 480 g/mol. The summed E-state index contributed by atoms with van der Waals surface area (Å²) in [5.74, 6) is -3.45. The Hall–Kier alpha value is -4.26. The highest BCUT2D eigenvalue weighted by atomic mass is 19.1. The van der Waals surface area contributed by atoms with E-state index in [4.69, 9.17) is 9.47 Å². The molecule has 3 rings (SSSR count). The number of nitrogens with zero attached hydrogens (tertiary/aromatic N) is 3. The van der Waals surface area contributed by atoms with Gasteiger partial charge in [-0.3, -0.25) is 14.7 Å². The molecule has 2 aromatic carbocycles. The highest BCUT2D eigenvalue weighted by molar-refractivity contribution is 6.17. The van der Waals surface area contributed by atoms with Crippen LogP contribution in [0.25, 0.3) is 0 Å². The van der Waals surface area contributed by atoms with E-state index in [2.05, 4.69) is 10.3 Å². The molecule has 1 unspecified atom stereocenters. The maximum atomic E-state index is 14.8. The summed E-state index contributed by atoms with van der Waals surface area (Å²) in [4.78, 5) is 44.6. The lowest BCUT2D eigenvalue weighted by Crippen LogP contribution is -2.72. The van der Waals surface area contributed by atoms with Crippen molar-refractivity contribution < 1.29 is 28.2 Å². The number of benzodiazepines with no additional fused rings is 1. The maximum Gasteiger partial charge on any atom is 0.346 e. The first kappa shape index (κ1) is 25.4. The van der Waals surface area contributed by atoms with Gasteiger partial charge < -0.3 is 14.8 Å². The molecule has 0 aromatic heterocycles. The number of halogens is 1. The van der Waals surface area contributed by atoms with Crippen molar-refractivity contribution in [1.29, 1.82) is 5.26 Å². The SMILES string of the molecule is CCOC(=O)C(NC(C)=O)(C(=O)OCC)C1CN=C(c2ccccc2F)c2ccccc2N1C#N. The molecule has 1 aliphatic heterocycles. The molecule has 1 atom stereocenters. The second kappa shape index (κ2) is 10.8. The summed E-state index contributed by atoms with van der Waals surface area (Å²) in [5.41, 5.74) is -1.34. The summed E-state index contributed by atoms with van der Waals surface area (Å²) < 4.78 is 25.1. The summed E-state index contributed by atoms with van der Waals surface area (Å²) in [6, 6.07) is 11.2. The third kappa shape index (κ3) is 4.71. The zero-order valence-electron chi connectivity index (χ0n) is 19.6. The molecule has 10 heteroatoms. The van der Waals surface area contributed by atoms with Crippen molar-refractivity contribution >= 4 is 29.2 Å². The van der Waals surface area contributed by atoms with Crippen LogP contribution < -0.4 is 10.2 Å². The molecule has 182 valence electrons. The summed E-state index contributed by atoms with van der Waals surface area (Å²) in [6.45, 7) is 3.67. The standard InChI is InChI=1S/C25H25FN4O5/c1-4-34-23(32)25(29-16(3)31,24(33)35-5-2)21-14-28-22(17-10-6-8-12-19(17)26)18-11-7-9-13-20(18)30(21)15-27/h6-13,21H,4-5,14H2,1-3H3,(H,29,31). The number of amides is 1. The number of nitriles is 1. The minimum absolute atomic E-state index is 0.0980. The molecule has 0 saturated carbocycles.